The maximum absolute atomic E-state index is 14.5. The van der Waals surface area contributed by atoms with Gasteiger partial charge in [-0.2, -0.15) is 4.98 Å². The minimum Gasteiger partial charge on any atom is -0.329 e. The number of anilines is 2. The van der Waals surface area contributed by atoms with Crippen LogP contribution in [0.2, 0.25) is 5.28 Å². The summed E-state index contributed by atoms with van der Waals surface area (Å²) < 4.78 is 39.6. The zero-order valence-corrected chi connectivity index (χ0v) is 19.1. The SMILES string of the molecule is CN(c1cccc(-c2ccc(S(C)(=O)=O)c(F)c2)c1)c1nc2nnc(Cl)n2c2ccccc12. The molecule has 0 amide bonds. The van der Waals surface area contributed by atoms with Crippen LogP contribution in [0.4, 0.5) is 15.9 Å². The molecule has 0 fully saturated rings. The Morgan fingerprint density at radius 1 is 0.970 bits per heavy atom. The van der Waals surface area contributed by atoms with Crippen molar-refractivity contribution in [2.24, 2.45) is 0 Å². The van der Waals surface area contributed by atoms with Gasteiger partial charge in [0.15, 0.2) is 9.84 Å². The molecule has 0 aliphatic heterocycles. The van der Waals surface area contributed by atoms with Crippen LogP contribution in [0, 0.1) is 5.82 Å². The highest BCUT2D eigenvalue weighted by Crippen LogP contribution is 2.33. The van der Waals surface area contributed by atoms with Gasteiger partial charge >= 0.3 is 0 Å². The fourth-order valence-electron chi connectivity index (χ4n) is 3.80. The number of para-hydroxylation sites is 1. The molecule has 2 heterocycles. The summed E-state index contributed by atoms with van der Waals surface area (Å²) in [4.78, 5) is 6.23. The molecule has 2 aromatic heterocycles. The summed E-state index contributed by atoms with van der Waals surface area (Å²) in [6.07, 6.45) is 0.984. The Balaban J connectivity index is 1.61. The molecule has 0 radical (unpaired) electrons. The van der Waals surface area contributed by atoms with E-state index in [0.717, 1.165) is 28.4 Å². The first-order valence-corrected chi connectivity index (χ1v) is 12.1. The number of rotatable bonds is 4. The van der Waals surface area contributed by atoms with E-state index in [4.69, 9.17) is 11.6 Å². The molecule has 0 saturated heterocycles. The average Bonchev–Trinajstić information content (AvgIpc) is 3.18. The third kappa shape index (κ3) is 3.69. The number of hydrogen-bond donors (Lipinski definition) is 0. The monoisotopic (exact) mass is 481 g/mol. The first-order valence-electron chi connectivity index (χ1n) is 9.87. The summed E-state index contributed by atoms with van der Waals surface area (Å²) in [5.41, 5.74) is 2.91. The van der Waals surface area contributed by atoms with Gasteiger partial charge < -0.3 is 4.90 Å². The Morgan fingerprint density at radius 3 is 2.48 bits per heavy atom. The number of hydrogen-bond acceptors (Lipinski definition) is 6. The van der Waals surface area contributed by atoms with Gasteiger partial charge in [0.1, 0.15) is 16.5 Å². The Hall–Kier alpha value is -3.56. The van der Waals surface area contributed by atoms with Crippen LogP contribution in [0.3, 0.4) is 0 Å². The van der Waals surface area contributed by atoms with Crippen molar-refractivity contribution in [2.45, 2.75) is 4.90 Å². The van der Waals surface area contributed by atoms with Crippen molar-refractivity contribution in [3.63, 3.8) is 0 Å². The van der Waals surface area contributed by atoms with E-state index in [2.05, 4.69) is 15.2 Å². The standard InChI is InChI=1S/C23H17ClFN5O2S/c1-29(21-17-8-3-4-9-19(17)30-22(24)27-28-23(30)26-21)16-7-5-6-14(12-16)15-10-11-20(18(25)13-15)33(2,31)32/h3-13H,1-2H3. The summed E-state index contributed by atoms with van der Waals surface area (Å²) in [6.45, 7) is 0. The molecule has 3 aromatic carbocycles. The zero-order chi connectivity index (χ0) is 23.3. The summed E-state index contributed by atoms with van der Waals surface area (Å²) in [6, 6.07) is 19.2. The van der Waals surface area contributed by atoms with Gasteiger partial charge in [-0.05, 0) is 59.1 Å². The molecule has 33 heavy (non-hydrogen) atoms. The first kappa shape index (κ1) is 21.3. The van der Waals surface area contributed by atoms with Gasteiger partial charge in [-0.1, -0.05) is 30.3 Å². The molecule has 0 aliphatic carbocycles. The molecule has 0 atom stereocenters. The van der Waals surface area contributed by atoms with Gasteiger partial charge in [-0.25, -0.2) is 17.2 Å². The molecule has 0 N–H and O–H groups in total. The number of aromatic nitrogens is 4. The summed E-state index contributed by atoms with van der Waals surface area (Å²) in [7, 11) is -1.77. The number of fused-ring (bicyclic) bond motifs is 3. The lowest BCUT2D eigenvalue weighted by Gasteiger charge is -2.21. The fraction of sp³-hybridized carbons (Fsp3) is 0.0870. The third-order valence-electron chi connectivity index (χ3n) is 5.41. The molecule has 0 unspecified atom stereocenters. The Bertz CT molecular complexity index is 1650. The maximum atomic E-state index is 14.5. The largest absolute Gasteiger partial charge is 0.329 e. The summed E-state index contributed by atoms with van der Waals surface area (Å²) >= 11 is 6.21. The van der Waals surface area contributed by atoms with E-state index < -0.39 is 15.7 Å². The normalized spacial score (nSPS) is 11.9. The maximum Gasteiger partial charge on any atom is 0.258 e. The van der Waals surface area contributed by atoms with Gasteiger partial charge in [0.05, 0.1) is 5.52 Å². The minimum absolute atomic E-state index is 0.226. The van der Waals surface area contributed by atoms with Crippen LogP contribution in [-0.2, 0) is 9.84 Å². The zero-order valence-electron chi connectivity index (χ0n) is 17.6. The van der Waals surface area contributed by atoms with Gasteiger partial charge in [0, 0.05) is 24.4 Å². The van der Waals surface area contributed by atoms with Crippen molar-refractivity contribution in [1.82, 2.24) is 19.6 Å². The molecular formula is C23H17ClFN5O2S. The minimum atomic E-state index is -3.64. The highest BCUT2D eigenvalue weighted by atomic mass is 35.5. The van der Waals surface area contributed by atoms with E-state index in [1.54, 1.807) is 10.5 Å². The molecular weight excluding hydrogens is 465 g/mol. The molecule has 10 heteroatoms. The predicted molar refractivity (Wildman–Crippen MR) is 126 cm³/mol. The lowest BCUT2D eigenvalue weighted by Crippen LogP contribution is -2.13. The fourth-order valence-corrected chi connectivity index (χ4v) is 4.74. The Kier molecular flexibility index (Phi) is 5.02. The Morgan fingerprint density at radius 2 is 1.73 bits per heavy atom. The number of sulfone groups is 1. The number of nitrogens with zero attached hydrogens (tertiary/aromatic N) is 5. The van der Waals surface area contributed by atoms with Crippen LogP contribution in [0.25, 0.3) is 27.8 Å². The smallest absolute Gasteiger partial charge is 0.258 e. The van der Waals surface area contributed by atoms with Crippen LogP contribution in [0.15, 0.2) is 71.6 Å². The van der Waals surface area contributed by atoms with Crippen molar-refractivity contribution < 1.29 is 12.8 Å². The van der Waals surface area contributed by atoms with E-state index in [1.165, 1.54) is 12.1 Å². The predicted octanol–water partition coefficient (Wildman–Crippen LogP) is 4.91. The van der Waals surface area contributed by atoms with E-state index >= 15 is 0 Å². The van der Waals surface area contributed by atoms with Crippen LogP contribution in [0.1, 0.15) is 0 Å². The summed E-state index contributed by atoms with van der Waals surface area (Å²) in [5.74, 6) is 0.239. The highest BCUT2D eigenvalue weighted by molar-refractivity contribution is 7.90. The van der Waals surface area contributed by atoms with Crippen LogP contribution in [0.5, 0.6) is 0 Å². The molecule has 5 rings (SSSR count). The van der Waals surface area contributed by atoms with Crippen molar-refractivity contribution in [1.29, 1.82) is 0 Å². The third-order valence-corrected chi connectivity index (χ3v) is 6.79. The second-order valence-electron chi connectivity index (χ2n) is 7.58. The van der Waals surface area contributed by atoms with Crippen LogP contribution < -0.4 is 4.90 Å². The molecule has 5 aromatic rings. The van der Waals surface area contributed by atoms with E-state index in [1.807, 2.05) is 60.5 Å². The molecule has 0 aliphatic rings. The van der Waals surface area contributed by atoms with Crippen molar-refractivity contribution in [3.05, 3.63) is 77.8 Å². The lowest BCUT2D eigenvalue weighted by molar-refractivity contribution is 0.571. The van der Waals surface area contributed by atoms with Gasteiger partial charge in [0.25, 0.3) is 5.78 Å². The van der Waals surface area contributed by atoms with E-state index in [0.29, 0.717) is 17.2 Å². The number of halogens is 2. The molecule has 0 spiro atoms. The number of benzene rings is 3. The van der Waals surface area contributed by atoms with Gasteiger partial charge in [0.2, 0.25) is 5.28 Å². The van der Waals surface area contributed by atoms with Crippen LogP contribution in [-0.4, -0.2) is 41.3 Å². The quantitative estimate of drug-likeness (QED) is 0.363. The topological polar surface area (TPSA) is 80.5 Å². The van der Waals surface area contributed by atoms with Crippen molar-refractivity contribution in [2.75, 3.05) is 18.2 Å². The van der Waals surface area contributed by atoms with Crippen molar-refractivity contribution in [3.8, 4) is 11.1 Å². The highest BCUT2D eigenvalue weighted by Gasteiger charge is 2.18. The van der Waals surface area contributed by atoms with Crippen LogP contribution >= 0.6 is 11.6 Å². The second-order valence-corrected chi connectivity index (χ2v) is 9.91. The average molecular weight is 482 g/mol. The second kappa shape index (κ2) is 7.79. The molecule has 0 saturated carbocycles. The van der Waals surface area contributed by atoms with Gasteiger partial charge in [-0.15, -0.1) is 10.2 Å². The molecule has 166 valence electrons. The van der Waals surface area contributed by atoms with E-state index in [-0.39, 0.29) is 10.2 Å². The first-order chi connectivity index (χ1) is 15.7. The molecule has 7 nitrogen and oxygen atoms in total. The summed E-state index contributed by atoms with van der Waals surface area (Å²) in [5, 5.41) is 9.06. The van der Waals surface area contributed by atoms with Crippen molar-refractivity contribution >= 4 is 49.6 Å². The van der Waals surface area contributed by atoms with Gasteiger partial charge in [-0.3, -0.25) is 0 Å². The Labute approximate surface area is 194 Å². The lowest BCUT2D eigenvalue weighted by atomic mass is 10.0. The molecule has 0 bridgehead atoms. The van der Waals surface area contributed by atoms with E-state index in [9.17, 15) is 12.8 Å².